The SMILES string of the molecule is CN1Cc2cc(Br)oc2C(c2cn[nH]c2)C1. The summed E-state index contributed by atoms with van der Waals surface area (Å²) in [5.74, 6) is 1.34. The lowest BCUT2D eigenvalue weighted by Gasteiger charge is -2.28. The number of aromatic nitrogens is 2. The highest BCUT2D eigenvalue weighted by molar-refractivity contribution is 9.10. The summed E-state index contributed by atoms with van der Waals surface area (Å²) in [6, 6.07) is 2.05. The third kappa shape index (κ3) is 1.60. The second-order valence-corrected chi connectivity index (χ2v) is 5.00. The van der Waals surface area contributed by atoms with Crippen LogP contribution >= 0.6 is 15.9 Å². The summed E-state index contributed by atoms with van der Waals surface area (Å²) < 4.78 is 6.55. The Morgan fingerprint density at radius 1 is 1.62 bits per heavy atom. The van der Waals surface area contributed by atoms with E-state index in [9.17, 15) is 0 Å². The Morgan fingerprint density at radius 3 is 3.25 bits per heavy atom. The molecule has 0 spiro atoms. The normalized spacial score (nSPS) is 21.0. The molecule has 84 valence electrons. The first-order chi connectivity index (χ1) is 7.74. The number of aromatic amines is 1. The van der Waals surface area contributed by atoms with Crippen molar-refractivity contribution in [1.29, 1.82) is 0 Å². The highest BCUT2D eigenvalue weighted by atomic mass is 79.9. The molecule has 5 heteroatoms. The molecule has 3 heterocycles. The fourth-order valence-electron chi connectivity index (χ4n) is 2.28. The maximum Gasteiger partial charge on any atom is 0.169 e. The van der Waals surface area contributed by atoms with Gasteiger partial charge in [-0.25, -0.2) is 0 Å². The number of rotatable bonds is 1. The molecule has 1 aliphatic heterocycles. The molecule has 3 rings (SSSR count). The number of H-pyrrole nitrogens is 1. The van der Waals surface area contributed by atoms with E-state index < -0.39 is 0 Å². The zero-order valence-corrected chi connectivity index (χ0v) is 10.5. The lowest BCUT2D eigenvalue weighted by Crippen LogP contribution is -2.29. The summed E-state index contributed by atoms with van der Waals surface area (Å²) in [4.78, 5) is 2.29. The monoisotopic (exact) mass is 281 g/mol. The van der Waals surface area contributed by atoms with Gasteiger partial charge in [-0.2, -0.15) is 5.10 Å². The van der Waals surface area contributed by atoms with Crippen LogP contribution in [-0.4, -0.2) is 28.7 Å². The Balaban J connectivity index is 2.06. The van der Waals surface area contributed by atoms with Crippen LogP contribution in [0.4, 0.5) is 0 Å². The Labute approximate surface area is 102 Å². The predicted octanol–water partition coefficient (Wildman–Crippen LogP) is 2.34. The molecule has 1 aliphatic rings. The summed E-state index contributed by atoms with van der Waals surface area (Å²) in [6.07, 6.45) is 3.80. The fourth-order valence-corrected chi connectivity index (χ4v) is 2.74. The first-order valence-corrected chi connectivity index (χ1v) is 5.98. The van der Waals surface area contributed by atoms with Crippen LogP contribution in [0.1, 0.15) is 22.8 Å². The van der Waals surface area contributed by atoms with Gasteiger partial charge in [0.1, 0.15) is 5.76 Å². The maximum atomic E-state index is 5.74. The van der Waals surface area contributed by atoms with Crippen molar-refractivity contribution in [2.75, 3.05) is 13.6 Å². The number of fused-ring (bicyclic) bond motifs is 1. The molecule has 0 aliphatic carbocycles. The van der Waals surface area contributed by atoms with E-state index >= 15 is 0 Å². The van der Waals surface area contributed by atoms with Gasteiger partial charge in [0.25, 0.3) is 0 Å². The molecule has 1 unspecified atom stereocenters. The lowest BCUT2D eigenvalue weighted by atomic mass is 9.93. The van der Waals surface area contributed by atoms with E-state index in [2.05, 4.69) is 44.1 Å². The average Bonchev–Trinajstić information content (AvgIpc) is 2.83. The molecule has 0 bridgehead atoms. The van der Waals surface area contributed by atoms with Crippen LogP contribution in [0.2, 0.25) is 0 Å². The van der Waals surface area contributed by atoms with Gasteiger partial charge in [0.05, 0.1) is 12.1 Å². The van der Waals surface area contributed by atoms with Gasteiger partial charge in [0.2, 0.25) is 0 Å². The Bertz CT molecular complexity index is 491. The largest absolute Gasteiger partial charge is 0.453 e. The summed E-state index contributed by atoms with van der Waals surface area (Å²) >= 11 is 3.39. The van der Waals surface area contributed by atoms with E-state index in [1.54, 1.807) is 0 Å². The Hall–Kier alpha value is -1.07. The number of nitrogens with zero attached hydrogens (tertiary/aromatic N) is 2. The van der Waals surface area contributed by atoms with E-state index in [0.29, 0.717) is 0 Å². The molecule has 0 saturated heterocycles. The molecule has 0 amide bonds. The van der Waals surface area contributed by atoms with Gasteiger partial charge in [0, 0.05) is 30.4 Å². The van der Waals surface area contributed by atoms with Crippen LogP contribution in [0.15, 0.2) is 27.5 Å². The standard InChI is InChI=1S/C11H12BrN3O/c1-15-5-7-2-10(12)16-11(7)9(6-15)8-3-13-14-4-8/h2-4,9H,5-6H2,1H3,(H,13,14). The van der Waals surface area contributed by atoms with Crippen LogP contribution in [-0.2, 0) is 6.54 Å². The molecule has 0 radical (unpaired) electrons. The van der Waals surface area contributed by atoms with Crippen molar-refractivity contribution >= 4 is 15.9 Å². The van der Waals surface area contributed by atoms with Crippen molar-refractivity contribution in [2.45, 2.75) is 12.5 Å². The highest BCUT2D eigenvalue weighted by Gasteiger charge is 2.29. The first-order valence-electron chi connectivity index (χ1n) is 5.19. The van der Waals surface area contributed by atoms with Crippen molar-refractivity contribution in [2.24, 2.45) is 0 Å². The number of hydrogen-bond donors (Lipinski definition) is 1. The summed E-state index contributed by atoms with van der Waals surface area (Å²) in [7, 11) is 2.12. The number of furan rings is 1. The average molecular weight is 282 g/mol. The zero-order valence-electron chi connectivity index (χ0n) is 8.90. The third-order valence-electron chi connectivity index (χ3n) is 2.98. The van der Waals surface area contributed by atoms with Crippen LogP contribution in [0.25, 0.3) is 0 Å². The van der Waals surface area contributed by atoms with E-state index in [0.717, 1.165) is 23.5 Å². The van der Waals surface area contributed by atoms with E-state index in [1.807, 2.05) is 12.4 Å². The zero-order chi connectivity index (χ0) is 11.1. The molecule has 2 aromatic heterocycles. The molecule has 4 nitrogen and oxygen atoms in total. The summed E-state index contributed by atoms with van der Waals surface area (Å²) in [6.45, 7) is 1.91. The van der Waals surface area contributed by atoms with Gasteiger partial charge in [0.15, 0.2) is 4.67 Å². The van der Waals surface area contributed by atoms with Gasteiger partial charge < -0.3 is 9.32 Å². The molecule has 1 atom stereocenters. The molecule has 0 aromatic carbocycles. The van der Waals surface area contributed by atoms with Gasteiger partial charge in [-0.1, -0.05) is 0 Å². The molecule has 0 saturated carbocycles. The Morgan fingerprint density at radius 2 is 2.50 bits per heavy atom. The third-order valence-corrected chi connectivity index (χ3v) is 3.38. The number of hydrogen-bond acceptors (Lipinski definition) is 3. The Kier molecular flexibility index (Phi) is 2.37. The fraction of sp³-hybridized carbons (Fsp3) is 0.364. The van der Waals surface area contributed by atoms with Gasteiger partial charge in [-0.15, -0.1) is 0 Å². The van der Waals surface area contributed by atoms with Crippen LogP contribution in [0.3, 0.4) is 0 Å². The first kappa shape index (κ1) is 10.1. The molecular weight excluding hydrogens is 270 g/mol. The van der Waals surface area contributed by atoms with Crippen LogP contribution in [0, 0.1) is 0 Å². The molecular formula is C11H12BrN3O. The predicted molar refractivity (Wildman–Crippen MR) is 63.2 cm³/mol. The molecule has 1 N–H and O–H groups in total. The van der Waals surface area contributed by atoms with E-state index in [-0.39, 0.29) is 5.92 Å². The van der Waals surface area contributed by atoms with Crippen molar-refractivity contribution < 1.29 is 4.42 Å². The highest BCUT2D eigenvalue weighted by Crippen LogP contribution is 2.35. The molecule has 2 aromatic rings. The van der Waals surface area contributed by atoms with Crippen molar-refractivity contribution in [3.05, 3.63) is 40.0 Å². The van der Waals surface area contributed by atoms with Crippen molar-refractivity contribution in [3.8, 4) is 0 Å². The lowest BCUT2D eigenvalue weighted by molar-refractivity contribution is 0.272. The van der Waals surface area contributed by atoms with Crippen LogP contribution < -0.4 is 0 Å². The topological polar surface area (TPSA) is 45.1 Å². The van der Waals surface area contributed by atoms with E-state index in [4.69, 9.17) is 4.42 Å². The maximum absolute atomic E-state index is 5.74. The van der Waals surface area contributed by atoms with E-state index in [1.165, 1.54) is 11.1 Å². The molecule has 0 fully saturated rings. The quantitative estimate of drug-likeness (QED) is 0.873. The minimum Gasteiger partial charge on any atom is -0.453 e. The van der Waals surface area contributed by atoms with Gasteiger partial charge in [-0.3, -0.25) is 5.10 Å². The summed E-state index contributed by atoms with van der Waals surface area (Å²) in [5, 5.41) is 6.86. The summed E-state index contributed by atoms with van der Waals surface area (Å²) in [5.41, 5.74) is 2.43. The second kappa shape index (κ2) is 3.75. The second-order valence-electron chi connectivity index (χ2n) is 4.22. The van der Waals surface area contributed by atoms with Crippen LogP contribution in [0.5, 0.6) is 0 Å². The minimum absolute atomic E-state index is 0.277. The van der Waals surface area contributed by atoms with Crippen molar-refractivity contribution in [1.82, 2.24) is 15.1 Å². The van der Waals surface area contributed by atoms with Gasteiger partial charge in [-0.05, 0) is 29.0 Å². The van der Waals surface area contributed by atoms with Gasteiger partial charge >= 0.3 is 0 Å². The number of nitrogens with one attached hydrogen (secondary N) is 1. The molecule has 16 heavy (non-hydrogen) atoms. The smallest absolute Gasteiger partial charge is 0.169 e. The van der Waals surface area contributed by atoms with Crippen molar-refractivity contribution in [3.63, 3.8) is 0 Å². The minimum atomic E-state index is 0.277. The number of halogens is 1. The number of likely N-dealkylation sites (N-methyl/N-ethyl adjacent to an activating group) is 1.